The first-order valence-corrected chi connectivity index (χ1v) is 12.2. The zero-order chi connectivity index (χ0) is 22.5. The van der Waals surface area contributed by atoms with Crippen LogP contribution in [0.4, 0.5) is 8.78 Å². The number of nitrogens with one attached hydrogen (secondary N) is 2. The van der Waals surface area contributed by atoms with Gasteiger partial charge < -0.3 is 10.6 Å². The summed E-state index contributed by atoms with van der Waals surface area (Å²) in [6.07, 6.45) is 2.74. The second-order valence-corrected chi connectivity index (χ2v) is 9.74. The Hall–Kier alpha value is -1.73. The number of thiophene rings is 1. The van der Waals surface area contributed by atoms with Gasteiger partial charge in [0.1, 0.15) is 0 Å². The van der Waals surface area contributed by atoms with E-state index in [-0.39, 0.29) is 12.5 Å². The Morgan fingerprint density at radius 1 is 1.29 bits per heavy atom. The van der Waals surface area contributed by atoms with E-state index in [1.54, 1.807) is 11.3 Å². The molecule has 3 heterocycles. The lowest BCUT2D eigenvalue weighted by molar-refractivity contribution is 0.0656. The molecule has 0 saturated carbocycles. The van der Waals surface area contributed by atoms with E-state index in [0.29, 0.717) is 18.4 Å². The number of allylic oxidation sites excluding steroid dienone is 3. The molecule has 2 aliphatic heterocycles. The monoisotopic (exact) mass is 451 g/mol. The Labute approximate surface area is 188 Å². The second kappa shape index (κ2) is 10.7. The highest BCUT2D eigenvalue weighted by Gasteiger charge is 2.30. The molecule has 1 aromatic rings. The lowest BCUT2D eigenvalue weighted by Crippen LogP contribution is -2.38. The number of hydrogen-bond acceptors (Lipinski definition) is 4. The van der Waals surface area contributed by atoms with Gasteiger partial charge >= 0.3 is 0 Å². The molecule has 3 rings (SSSR count). The molecule has 0 radical (unpaired) electrons. The number of piperidine rings is 1. The fourth-order valence-electron chi connectivity index (χ4n) is 4.83. The van der Waals surface area contributed by atoms with E-state index in [2.05, 4.69) is 30.6 Å². The minimum Gasteiger partial charge on any atom is -0.385 e. The third-order valence-electron chi connectivity index (χ3n) is 6.73. The van der Waals surface area contributed by atoms with E-state index in [1.807, 2.05) is 24.1 Å². The topological polar surface area (TPSA) is 44.4 Å². The lowest BCUT2D eigenvalue weighted by Gasteiger charge is -2.35. The minimum atomic E-state index is -2.26. The summed E-state index contributed by atoms with van der Waals surface area (Å²) in [5.74, 6) is 0.859. The summed E-state index contributed by atoms with van der Waals surface area (Å²) in [6, 6.07) is 0. The Kier molecular flexibility index (Phi) is 8.28. The molecule has 2 N–H and O–H groups in total. The average molecular weight is 452 g/mol. The summed E-state index contributed by atoms with van der Waals surface area (Å²) in [5.41, 5.74) is 5.41. The number of halogens is 2. The molecule has 1 aromatic heterocycles. The van der Waals surface area contributed by atoms with Gasteiger partial charge in [-0.25, -0.2) is 8.78 Å². The van der Waals surface area contributed by atoms with Crippen molar-refractivity contribution in [1.29, 1.82) is 0 Å². The molecule has 31 heavy (non-hydrogen) atoms. The van der Waals surface area contributed by atoms with Gasteiger partial charge in [-0.1, -0.05) is 6.92 Å². The van der Waals surface area contributed by atoms with Crippen molar-refractivity contribution < 1.29 is 13.6 Å². The van der Waals surface area contributed by atoms with Crippen LogP contribution in [0, 0.1) is 12.8 Å². The molecular weight excluding hydrogens is 416 g/mol. The van der Waals surface area contributed by atoms with E-state index in [4.69, 9.17) is 0 Å². The van der Waals surface area contributed by atoms with Crippen molar-refractivity contribution >= 4 is 17.2 Å². The van der Waals surface area contributed by atoms with E-state index >= 15 is 0 Å². The molecular formula is C24H35F2N3OS. The molecule has 0 aromatic carbocycles. The van der Waals surface area contributed by atoms with E-state index in [9.17, 15) is 13.6 Å². The number of alkyl halides is 2. The van der Waals surface area contributed by atoms with Gasteiger partial charge in [0.25, 0.3) is 12.3 Å². The fourth-order valence-corrected chi connectivity index (χ4v) is 6.18. The van der Waals surface area contributed by atoms with Crippen LogP contribution in [0.15, 0.2) is 28.3 Å². The van der Waals surface area contributed by atoms with Gasteiger partial charge in [0.2, 0.25) is 0 Å². The van der Waals surface area contributed by atoms with Crippen molar-refractivity contribution in [3.63, 3.8) is 0 Å². The first-order valence-electron chi connectivity index (χ1n) is 11.3. The van der Waals surface area contributed by atoms with Crippen LogP contribution in [0.2, 0.25) is 0 Å². The molecule has 1 saturated heterocycles. The summed E-state index contributed by atoms with van der Waals surface area (Å²) in [4.78, 5) is 16.0. The van der Waals surface area contributed by atoms with Gasteiger partial charge in [-0.15, -0.1) is 11.3 Å². The van der Waals surface area contributed by atoms with Gasteiger partial charge in [0.15, 0.2) is 0 Å². The van der Waals surface area contributed by atoms with Crippen molar-refractivity contribution in [3.05, 3.63) is 44.3 Å². The largest absolute Gasteiger partial charge is 0.385 e. The Balaban J connectivity index is 1.63. The zero-order valence-corrected chi connectivity index (χ0v) is 19.9. The van der Waals surface area contributed by atoms with Crippen molar-refractivity contribution in [2.45, 2.75) is 59.3 Å². The van der Waals surface area contributed by atoms with Crippen molar-refractivity contribution in [2.75, 3.05) is 32.7 Å². The highest BCUT2D eigenvalue weighted by molar-refractivity contribution is 7.10. The normalized spacial score (nSPS) is 19.4. The summed E-state index contributed by atoms with van der Waals surface area (Å²) in [6.45, 7) is 11.0. The smallest absolute Gasteiger partial charge is 0.252 e. The summed E-state index contributed by atoms with van der Waals surface area (Å²) < 4.78 is 25.3. The summed E-state index contributed by atoms with van der Waals surface area (Å²) >= 11 is 1.68. The average Bonchev–Trinajstić information content (AvgIpc) is 3.10. The number of hydrogen-bond donors (Lipinski definition) is 2. The quantitative estimate of drug-likeness (QED) is 0.579. The van der Waals surface area contributed by atoms with Gasteiger partial charge in [0, 0.05) is 29.0 Å². The van der Waals surface area contributed by atoms with Crippen molar-refractivity contribution in [3.8, 4) is 0 Å². The summed E-state index contributed by atoms with van der Waals surface area (Å²) in [7, 11) is 0. The number of likely N-dealkylation sites (tertiary alicyclic amines) is 1. The molecule has 4 nitrogen and oxygen atoms in total. The molecule has 2 aliphatic rings. The van der Waals surface area contributed by atoms with Crippen LogP contribution < -0.4 is 10.6 Å². The minimum absolute atomic E-state index is 0.0202. The third-order valence-corrected chi connectivity index (χ3v) is 7.95. The van der Waals surface area contributed by atoms with Gasteiger partial charge in [0.05, 0.1) is 12.1 Å². The molecule has 0 bridgehead atoms. The van der Waals surface area contributed by atoms with Crippen LogP contribution >= 0.6 is 11.3 Å². The van der Waals surface area contributed by atoms with Crippen LogP contribution in [0.5, 0.6) is 0 Å². The van der Waals surface area contributed by atoms with Gasteiger partial charge in [-0.2, -0.15) is 0 Å². The van der Waals surface area contributed by atoms with Crippen molar-refractivity contribution in [1.82, 2.24) is 15.5 Å². The van der Waals surface area contributed by atoms with E-state index in [0.717, 1.165) is 55.7 Å². The predicted octanol–water partition coefficient (Wildman–Crippen LogP) is 5.08. The Bertz CT molecular complexity index is 838. The SMILES string of the molecule is CCC(c1scc(C(=O)NCC2=C(C)C=C(C)NC2)c1C)C1CCN(CC(F)F)CC1. The zero-order valence-electron chi connectivity index (χ0n) is 19.1. The molecule has 0 aliphatic carbocycles. The van der Waals surface area contributed by atoms with Gasteiger partial charge in [-0.05, 0) is 87.7 Å². The molecule has 1 unspecified atom stereocenters. The maximum absolute atomic E-state index is 12.9. The molecule has 0 spiro atoms. The maximum Gasteiger partial charge on any atom is 0.252 e. The lowest BCUT2D eigenvalue weighted by atomic mass is 9.80. The first-order chi connectivity index (χ1) is 14.8. The highest BCUT2D eigenvalue weighted by atomic mass is 32.1. The standard InChI is InChI=1S/C24H35F2N3OS/c1-5-20(18-6-8-29(9-7-18)13-22(25)26)23-17(4)21(14-31-23)24(30)28-12-19-11-27-16(3)10-15(19)2/h10,14,18,20,22,27H,5-9,11-13H2,1-4H3,(H,28,30). The number of carbonyl (C=O) groups is 1. The van der Waals surface area contributed by atoms with Crippen LogP contribution in [-0.4, -0.2) is 50.0 Å². The number of dihydropyridines is 1. The van der Waals surface area contributed by atoms with E-state index in [1.165, 1.54) is 16.0 Å². The second-order valence-electron chi connectivity index (χ2n) is 8.83. The van der Waals surface area contributed by atoms with Crippen LogP contribution in [-0.2, 0) is 0 Å². The summed E-state index contributed by atoms with van der Waals surface area (Å²) in [5, 5.41) is 8.40. The molecule has 1 atom stereocenters. The fraction of sp³-hybridized carbons (Fsp3) is 0.625. The van der Waals surface area contributed by atoms with Crippen LogP contribution in [0.3, 0.4) is 0 Å². The Morgan fingerprint density at radius 2 is 2.00 bits per heavy atom. The molecule has 7 heteroatoms. The van der Waals surface area contributed by atoms with Crippen molar-refractivity contribution in [2.24, 2.45) is 5.92 Å². The third kappa shape index (κ3) is 5.95. The molecule has 1 amide bonds. The number of amides is 1. The van der Waals surface area contributed by atoms with Gasteiger partial charge in [-0.3, -0.25) is 9.69 Å². The molecule has 1 fully saturated rings. The van der Waals surface area contributed by atoms with Crippen LogP contribution in [0.1, 0.15) is 66.8 Å². The molecule has 172 valence electrons. The van der Waals surface area contributed by atoms with E-state index < -0.39 is 6.43 Å². The number of rotatable bonds is 8. The maximum atomic E-state index is 12.9. The first kappa shape index (κ1) is 23.9. The number of nitrogens with zero attached hydrogens (tertiary/aromatic N) is 1. The predicted molar refractivity (Wildman–Crippen MR) is 124 cm³/mol. The number of carbonyl (C=O) groups excluding carboxylic acids is 1. The van der Waals surface area contributed by atoms with Crippen LogP contribution in [0.25, 0.3) is 0 Å². The Morgan fingerprint density at radius 3 is 2.61 bits per heavy atom. The highest BCUT2D eigenvalue weighted by Crippen LogP contribution is 2.40.